The Morgan fingerprint density at radius 3 is 2.38 bits per heavy atom. The minimum Gasteiger partial charge on any atom is -0.480 e. The van der Waals surface area contributed by atoms with Gasteiger partial charge in [0.25, 0.3) is 0 Å². The normalized spacial score (nSPS) is 11.4. The molecule has 0 aliphatic carbocycles. The van der Waals surface area contributed by atoms with Crippen molar-refractivity contribution in [2.24, 2.45) is 0 Å². The molecule has 5 N–H and O–H groups in total. The summed E-state index contributed by atoms with van der Waals surface area (Å²) in [5.74, 6) is -1.65. The van der Waals surface area contributed by atoms with Crippen molar-refractivity contribution >= 4 is 17.9 Å². The number of hydrogen-bond acceptors (Lipinski definition) is 4. The van der Waals surface area contributed by atoms with Gasteiger partial charge in [-0.3, -0.25) is 4.79 Å². The van der Waals surface area contributed by atoms with Crippen molar-refractivity contribution in [2.45, 2.75) is 12.5 Å². The van der Waals surface area contributed by atoms with Crippen molar-refractivity contribution in [3.8, 4) is 0 Å². The largest absolute Gasteiger partial charge is 0.480 e. The number of carbonyl (C=O) groups excluding carboxylic acids is 2. The van der Waals surface area contributed by atoms with E-state index in [1.54, 1.807) is 0 Å². The van der Waals surface area contributed by atoms with Gasteiger partial charge in [0.15, 0.2) is 0 Å². The van der Waals surface area contributed by atoms with E-state index in [0.717, 1.165) is 0 Å². The van der Waals surface area contributed by atoms with Crippen LogP contribution in [0.3, 0.4) is 0 Å². The Bertz CT molecular complexity index is 268. The fourth-order valence-corrected chi connectivity index (χ4v) is 0.845. The van der Waals surface area contributed by atoms with Gasteiger partial charge in [0.1, 0.15) is 6.04 Å². The number of carboxylic acid groups (broad SMARTS) is 1. The van der Waals surface area contributed by atoms with Gasteiger partial charge in [-0.1, -0.05) is 0 Å². The summed E-state index contributed by atoms with van der Waals surface area (Å²) < 4.78 is 0. The van der Waals surface area contributed by atoms with E-state index in [0.29, 0.717) is 0 Å². The van der Waals surface area contributed by atoms with E-state index in [9.17, 15) is 14.4 Å². The fraction of sp³-hybridized carbons (Fsp3) is 0.625. The van der Waals surface area contributed by atoms with Crippen LogP contribution in [0.5, 0.6) is 0 Å². The smallest absolute Gasteiger partial charge is 0.326 e. The predicted octanol–water partition coefficient (Wildman–Crippen LogP) is -2.13. The van der Waals surface area contributed by atoms with E-state index in [1.165, 1.54) is 7.05 Å². The first kappa shape index (κ1) is 14.2. The first-order chi connectivity index (χ1) is 7.51. The molecule has 0 aliphatic rings. The molecule has 8 nitrogen and oxygen atoms in total. The van der Waals surface area contributed by atoms with Crippen molar-refractivity contribution in [1.82, 2.24) is 16.0 Å². The molecule has 16 heavy (non-hydrogen) atoms. The van der Waals surface area contributed by atoms with Gasteiger partial charge in [0, 0.05) is 20.1 Å². The van der Waals surface area contributed by atoms with E-state index in [4.69, 9.17) is 10.2 Å². The van der Waals surface area contributed by atoms with E-state index in [-0.39, 0.29) is 19.6 Å². The maximum Gasteiger partial charge on any atom is 0.326 e. The van der Waals surface area contributed by atoms with Gasteiger partial charge in [-0.2, -0.15) is 0 Å². The molecule has 0 rings (SSSR count). The molecule has 0 heterocycles. The van der Waals surface area contributed by atoms with Crippen LogP contribution in [0.25, 0.3) is 0 Å². The molecule has 0 spiro atoms. The minimum absolute atomic E-state index is 0.0945. The third kappa shape index (κ3) is 5.81. The maximum atomic E-state index is 11.1. The summed E-state index contributed by atoms with van der Waals surface area (Å²) >= 11 is 0. The number of aliphatic hydroxyl groups excluding tert-OH is 1. The Kier molecular flexibility index (Phi) is 6.61. The Balaban J connectivity index is 4.00. The summed E-state index contributed by atoms with van der Waals surface area (Å²) in [5, 5.41) is 23.8. The molecular formula is C8H15N3O5. The SMILES string of the molecule is CNC(=O)CNC(=O)NC(CCO)C(=O)O. The number of carboxylic acids is 1. The van der Waals surface area contributed by atoms with Crippen LogP contribution in [-0.2, 0) is 9.59 Å². The monoisotopic (exact) mass is 233 g/mol. The van der Waals surface area contributed by atoms with Crippen molar-refractivity contribution in [3.05, 3.63) is 0 Å². The molecular weight excluding hydrogens is 218 g/mol. The summed E-state index contributed by atoms with van der Waals surface area (Å²) in [6.45, 7) is -0.597. The third-order valence-electron chi connectivity index (χ3n) is 1.71. The lowest BCUT2D eigenvalue weighted by Gasteiger charge is -2.13. The zero-order chi connectivity index (χ0) is 12.6. The van der Waals surface area contributed by atoms with Crippen LogP contribution in [0.1, 0.15) is 6.42 Å². The molecule has 0 aromatic heterocycles. The zero-order valence-corrected chi connectivity index (χ0v) is 8.82. The molecule has 0 aliphatic heterocycles. The molecule has 1 atom stereocenters. The quantitative estimate of drug-likeness (QED) is 0.358. The molecule has 92 valence electrons. The van der Waals surface area contributed by atoms with Crippen molar-refractivity contribution in [3.63, 3.8) is 0 Å². The van der Waals surface area contributed by atoms with Gasteiger partial charge < -0.3 is 26.2 Å². The van der Waals surface area contributed by atoms with Gasteiger partial charge >= 0.3 is 12.0 Å². The molecule has 0 radical (unpaired) electrons. The predicted molar refractivity (Wildman–Crippen MR) is 53.7 cm³/mol. The highest BCUT2D eigenvalue weighted by atomic mass is 16.4. The first-order valence-electron chi connectivity index (χ1n) is 4.59. The van der Waals surface area contributed by atoms with Crippen LogP contribution in [0, 0.1) is 0 Å². The lowest BCUT2D eigenvalue weighted by molar-refractivity contribution is -0.139. The molecule has 8 heteroatoms. The van der Waals surface area contributed by atoms with Crippen molar-refractivity contribution in [1.29, 1.82) is 0 Å². The highest BCUT2D eigenvalue weighted by molar-refractivity contribution is 5.86. The molecule has 0 fully saturated rings. The van der Waals surface area contributed by atoms with Gasteiger partial charge in [-0.15, -0.1) is 0 Å². The van der Waals surface area contributed by atoms with Crippen LogP contribution in [-0.4, -0.2) is 54.4 Å². The molecule has 0 aromatic rings. The first-order valence-corrected chi connectivity index (χ1v) is 4.59. The number of hydrogen-bond donors (Lipinski definition) is 5. The number of likely N-dealkylation sites (N-methyl/N-ethyl adjacent to an activating group) is 1. The van der Waals surface area contributed by atoms with Crippen molar-refractivity contribution < 1.29 is 24.6 Å². The average molecular weight is 233 g/mol. The average Bonchev–Trinajstić information content (AvgIpc) is 2.25. The maximum absolute atomic E-state index is 11.1. The molecule has 3 amide bonds. The summed E-state index contributed by atoms with van der Waals surface area (Å²) in [7, 11) is 1.41. The Morgan fingerprint density at radius 2 is 1.94 bits per heavy atom. The number of rotatable bonds is 6. The van der Waals surface area contributed by atoms with E-state index < -0.39 is 23.9 Å². The van der Waals surface area contributed by atoms with Gasteiger partial charge in [0.05, 0.1) is 6.54 Å². The lowest BCUT2D eigenvalue weighted by atomic mass is 10.2. The summed E-state index contributed by atoms with van der Waals surface area (Å²) in [6, 6.07) is -1.95. The summed E-state index contributed by atoms with van der Waals surface area (Å²) in [5.41, 5.74) is 0. The molecule has 0 saturated heterocycles. The number of urea groups is 1. The highest BCUT2D eigenvalue weighted by Crippen LogP contribution is 1.90. The number of nitrogens with one attached hydrogen (secondary N) is 3. The fourth-order valence-electron chi connectivity index (χ4n) is 0.845. The molecule has 1 unspecified atom stereocenters. The van der Waals surface area contributed by atoms with E-state index >= 15 is 0 Å². The highest BCUT2D eigenvalue weighted by Gasteiger charge is 2.18. The molecule has 0 aromatic carbocycles. The molecule has 0 bridgehead atoms. The Morgan fingerprint density at radius 1 is 1.31 bits per heavy atom. The van der Waals surface area contributed by atoms with Crippen LogP contribution in [0.2, 0.25) is 0 Å². The van der Waals surface area contributed by atoms with Gasteiger partial charge in [-0.25, -0.2) is 9.59 Å². The van der Waals surface area contributed by atoms with Crippen LogP contribution < -0.4 is 16.0 Å². The van der Waals surface area contributed by atoms with E-state index in [2.05, 4.69) is 16.0 Å². The second-order valence-electron chi connectivity index (χ2n) is 2.90. The Hall–Kier alpha value is -1.83. The third-order valence-corrected chi connectivity index (χ3v) is 1.71. The molecule has 0 saturated carbocycles. The number of aliphatic carboxylic acids is 1. The standard InChI is InChI=1S/C8H15N3O5/c1-9-6(13)4-10-8(16)11-5(2-3-12)7(14)15/h5,12H,2-4H2,1H3,(H,9,13)(H,14,15)(H2,10,11,16). The van der Waals surface area contributed by atoms with Crippen LogP contribution >= 0.6 is 0 Å². The lowest BCUT2D eigenvalue weighted by Crippen LogP contribution is -2.48. The van der Waals surface area contributed by atoms with E-state index in [1.807, 2.05) is 0 Å². The number of amides is 3. The zero-order valence-electron chi connectivity index (χ0n) is 8.82. The Labute approximate surface area is 92.0 Å². The second-order valence-corrected chi connectivity index (χ2v) is 2.90. The topological polar surface area (TPSA) is 128 Å². The minimum atomic E-state index is -1.25. The van der Waals surface area contributed by atoms with Crippen molar-refractivity contribution in [2.75, 3.05) is 20.2 Å². The summed E-state index contributed by atoms with van der Waals surface area (Å²) in [6.07, 6.45) is -0.0945. The number of aliphatic hydroxyl groups is 1. The van der Waals surface area contributed by atoms with Crippen LogP contribution in [0.15, 0.2) is 0 Å². The number of carbonyl (C=O) groups is 3. The van der Waals surface area contributed by atoms with Gasteiger partial charge in [-0.05, 0) is 0 Å². The summed E-state index contributed by atoms with van der Waals surface area (Å²) in [4.78, 5) is 32.4. The van der Waals surface area contributed by atoms with Gasteiger partial charge in [0.2, 0.25) is 5.91 Å². The van der Waals surface area contributed by atoms with Crippen LogP contribution in [0.4, 0.5) is 4.79 Å². The second kappa shape index (κ2) is 7.46.